The van der Waals surface area contributed by atoms with Crippen molar-refractivity contribution in [3.63, 3.8) is 0 Å². The standard InChI is InChI=1S/C17H30N2O.ClH/c1-12-3-7-16(8-4-12)19(2)17(20)11-13-9-14-5-6-15(10-13)18-14;/h12-16,18H,3-11H2,1-2H3;1H. The van der Waals surface area contributed by atoms with Gasteiger partial charge in [-0.15, -0.1) is 12.4 Å². The average molecular weight is 315 g/mol. The van der Waals surface area contributed by atoms with Crippen LogP contribution in [-0.2, 0) is 4.79 Å². The van der Waals surface area contributed by atoms with Crippen LogP contribution >= 0.6 is 12.4 Å². The molecule has 2 bridgehead atoms. The molecule has 0 aromatic carbocycles. The van der Waals surface area contributed by atoms with E-state index >= 15 is 0 Å². The van der Waals surface area contributed by atoms with E-state index in [1.165, 1.54) is 51.4 Å². The van der Waals surface area contributed by atoms with Crippen molar-refractivity contribution in [2.24, 2.45) is 11.8 Å². The molecule has 1 N–H and O–H groups in total. The molecule has 3 aliphatic rings. The van der Waals surface area contributed by atoms with E-state index in [9.17, 15) is 4.79 Å². The van der Waals surface area contributed by atoms with Crippen molar-refractivity contribution in [1.29, 1.82) is 0 Å². The Bertz CT molecular complexity index is 343. The fourth-order valence-electron chi connectivity index (χ4n) is 4.57. The monoisotopic (exact) mass is 314 g/mol. The van der Waals surface area contributed by atoms with Crippen LogP contribution in [0.3, 0.4) is 0 Å². The van der Waals surface area contributed by atoms with Crippen molar-refractivity contribution in [2.75, 3.05) is 7.05 Å². The second kappa shape index (κ2) is 7.32. The number of nitrogens with zero attached hydrogens (tertiary/aromatic N) is 1. The normalized spacial score (nSPS) is 38.7. The SMILES string of the molecule is CC1CCC(N(C)C(=O)CC2CC3CCC(C2)N3)CC1.Cl. The van der Waals surface area contributed by atoms with E-state index in [1.807, 2.05) is 7.05 Å². The minimum absolute atomic E-state index is 0. The van der Waals surface area contributed by atoms with E-state index in [0.29, 0.717) is 30.0 Å². The van der Waals surface area contributed by atoms with Crippen LogP contribution in [-0.4, -0.2) is 36.0 Å². The van der Waals surface area contributed by atoms with Gasteiger partial charge in [0.15, 0.2) is 0 Å². The number of nitrogens with one attached hydrogen (secondary N) is 1. The Balaban J connectivity index is 0.00000161. The molecule has 21 heavy (non-hydrogen) atoms. The van der Waals surface area contributed by atoms with E-state index in [1.54, 1.807) is 0 Å². The summed E-state index contributed by atoms with van der Waals surface area (Å²) >= 11 is 0. The second-order valence-corrected chi connectivity index (χ2v) is 7.60. The lowest BCUT2D eigenvalue weighted by Gasteiger charge is -2.35. The van der Waals surface area contributed by atoms with E-state index in [0.717, 1.165) is 12.3 Å². The van der Waals surface area contributed by atoms with Crippen LogP contribution in [0.25, 0.3) is 0 Å². The van der Waals surface area contributed by atoms with Crippen molar-refractivity contribution in [3.05, 3.63) is 0 Å². The minimum atomic E-state index is 0. The van der Waals surface area contributed by atoms with Gasteiger partial charge >= 0.3 is 0 Å². The van der Waals surface area contributed by atoms with E-state index in [2.05, 4.69) is 17.1 Å². The largest absolute Gasteiger partial charge is 0.343 e. The van der Waals surface area contributed by atoms with Gasteiger partial charge in [0.1, 0.15) is 0 Å². The maximum atomic E-state index is 12.5. The lowest BCUT2D eigenvalue weighted by Crippen LogP contribution is -2.43. The van der Waals surface area contributed by atoms with Crippen molar-refractivity contribution in [1.82, 2.24) is 10.2 Å². The number of rotatable bonds is 3. The fraction of sp³-hybridized carbons (Fsp3) is 0.941. The van der Waals surface area contributed by atoms with Crippen molar-refractivity contribution in [3.8, 4) is 0 Å². The highest BCUT2D eigenvalue weighted by Crippen LogP contribution is 2.33. The highest BCUT2D eigenvalue weighted by atomic mass is 35.5. The molecule has 3 nitrogen and oxygen atoms in total. The average Bonchev–Trinajstić information content (AvgIpc) is 2.78. The Hall–Kier alpha value is -0.280. The van der Waals surface area contributed by atoms with Crippen LogP contribution in [0.2, 0.25) is 0 Å². The Labute approximate surface area is 135 Å². The Morgan fingerprint density at radius 2 is 1.62 bits per heavy atom. The summed E-state index contributed by atoms with van der Waals surface area (Å²) < 4.78 is 0. The minimum Gasteiger partial charge on any atom is -0.343 e. The Kier molecular flexibility index (Phi) is 5.96. The van der Waals surface area contributed by atoms with Crippen molar-refractivity contribution < 1.29 is 4.79 Å². The molecule has 3 rings (SSSR count). The first-order valence-electron chi connectivity index (χ1n) is 8.63. The first-order chi connectivity index (χ1) is 9.61. The summed E-state index contributed by atoms with van der Waals surface area (Å²) in [7, 11) is 2.04. The Morgan fingerprint density at radius 3 is 2.19 bits per heavy atom. The molecular formula is C17H31ClN2O. The molecule has 0 radical (unpaired) electrons. The molecular weight excluding hydrogens is 284 g/mol. The van der Waals surface area contributed by atoms with Crippen molar-refractivity contribution in [2.45, 2.75) is 82.8 Å². The highest BCUT2D eigenvalue weighted by molar-refractivity contribution is 5.85. The molecule has 2 heterocycles. The second-order valence-electron chi connectivity index (χ2n) is 7.60. The van der Waals surface area contributed by atoms with Crippen LogP contribution in [0.15, 0.2) is 0 Å². The van der Waals surface area contributed by atoms with Crippen molar-refractivity contribution >= 4 is 18.3 Å². The molecule has 2 aliphatic heterocycles. The summed E-state index contributed by atoms with van der Waals surface area (Å²) in [6.07, 6.45) is 10.9. The highest BCUT2D eigenvalue weighted by Gasteiger charge is 2.35. The van der Waals surface area contributed by atoms with Gasteiger partial charge in [0.2, 0.25) is 5.91 Å². The van der Waals surface area contributed by atoms with Crippen LogP contribution in [0, 0.1) is 11.8 Å². The van der Waals surface area contributed by atoms with E-state index < -0.39 is 0 Å². The van der Waals surface area contributed by atoms with Gasteiger partial charge in [0.05, 0.1) is 0 Å². The van der Waals surface area contributed by atoms with E-state index in [-0.39, 0.29) is 12.4 Å². The number of halogens is 1. The zero-order valence-electron chi connectivity index (χ0n) is 13.5. The number of carbonyl (C=O) groups excluding carboxylic acids is 1. The predicted octanol–water partition coefficient (Wildman–Crippen LogP) is 3.37. The number of hydrogen-bond acceptors (Lipinski definition) is 2. The maximum absolute atomic E-state index is 12.5. The van der Waals surface area contributed by atoms with Crippen LogP contribution in [0.4, 0.5) is 0 Å². The van der Waals surface area contributed by atoms with Gasteiger partial charge in [-0.2, -0.15) is 0 Å². The van der Waals surface area contributed by atoms with Gasteiger partial charge in [0, 0.05) is 31.6 Å². The molecule has 122 valence electrons. The topological polar surface area (TPSA) is 32.3 Å². The van der Waals surface area contributed by atoms with Gasteiger partial charge in [-0.25, -0.2) is 0 Å². The summed E-state index contributed by atoms with van der Waals surface area (Å²) in [6, 6.07) is 1.91. The third-order valence-corrected chi connectivity index (χ3v) is 5.96. The molecule has 0 aromatic heterocycles. The number of amides is 1. The molecule has 0 spiro atoms. The smallest absolute Gasteiger partial charge is 0.222 e. The molecule has 2 saturated heterocycles. The number of piperidine rings is 1. The third kappa shape index (κ3) is 4.13. The first-order valence-corrected chi connectivity index (χ1v) is 8.63. The van der Waals surface area contributed by atoms with E-state index in [4.69, 9.17) is 0 Å². The number of hydrogen-bond donors (Lipinski definition) is 1. The molecule has 1 saturated carbocycles. The summed E-state index contributed by atoms with van der Waals surface area (Å²) in [5.41, 5.74) is 0. The predicted molar refractivity (Wildman–Crippen MR) is 88.7 cm³/mol. The summed E-state index contributed by atoms with van der Waals surface area (Å²) in [6.45, 7) is 2.34. The molecule has 1 aliphatic carbocycles. The quantitative estimate of drug-likeness (QED) is 0.866. The summed E-state index contributed by atoms with van der Waals surface area (Å²) in [5, 5.41) is 3.67. The molecule has 2 atom stereocenters. The summed E-state index contributed by atoms with van der Waals surface area (Å²) in [5.74, 6) is 1.89. The zero-order valence-corrected chi connectivity index (χ0v) is 14.3. The first kappa shape index (κ1) is 17.1. The fourth-order valence-corrected chi connectivity index (χ4v) is 4.57. The number of carbonyl (C=O) groups is 1. The van der Waals surface area contributed by atoms with Crippen LogP contribution in [0.1, 0.15) is 64.7 Å². The van der Waals surface area contributed by atoms with Gasteiger partial charge in [-0.3, -0.25) is 4.79 Å². The van der Waals surface area contributed by atoms with Gasteiger partial charge in [0.25, 0.3) is 0 Å². The lowest BCUT2D eigenvalue weighted by atomic mass is 9.85. The molecule has 1 amide bonds. The molecule has 3 fully saturated rings. The van der Waals surface area contributed by atoms with Gasteiger partial charge < -0.3 is 10.2 Å². The van der Waals surface area contributed by atoms with Gasteiger partial charge in [-0.1, -0.05) is 6.92 Å². The maximum Gasteiger partial charge on any atom is 0.222 e. The molecule has 2 unspecified atom stereocenters. The Morgan fingerprint density at radius 1 is 1.05 bits per heavy atom. The van der Waals surface area contributed by atoms with Gasteiger partial charge in [-0.05, 0) is 63.2 Å². The summed E-state index contributed by atoms with van der Waals surface area (Å²) in [4.78, 5) is 14.6. The molecule has 4 heteroatoms. The zero-order chi connectivity index (χ0) is 14.1. The van der Waals surface area contributed by atoms with Crippen LogP contribution < -0.4 is 5.32 Å². The number of fused-ring (bicyclic) bond motifs is 2. The van der Waals surface area contributed by atoms with Crippen LogP contribution in [0.5, 0.6) is 0 Å². The lowest BCUT2D eigenvalue weighted by molar-refractivity contribution is -0.134. The third-order valence-electron chi connectivity index (χ3n) is 5.96. The molecule has 0 aromatic rings.